The highest BCUT2D eigenvalue weighted by atomic mass is 79.9. The monoisotopic (exact) mass is 390 g/mol. The van der Waals surface area contributed by atoms with E-state index in [-0.39, 0.29) is 11.7 Å². The molecule has 2 aromatic rings. The van der Waals surface area contributed by atoms with Gasteiger partial charge < -0.3 is 14.5 Å². The average molecular weight is 391 g/mol. The Morgan fingerprint density at radius 2 is 2.04 bits per heavy atom. The van der Waals surface area contributed by atoms with Crippen molar-refractivity contribution < 1.29 is 9.47 Å². The van der Waals surface area contributed by atoms with Gasteiger partial charge in [0.2, 0.25) is 0 Å². The van der Waals surface area contributed by atoms with Gasteiger partial charge in [-0.15, -0.1) is 0 Å². The molecule has 0 saturated heterocycles. The molecule has 126 valence electrons. The van der Waals surface area contributed by atoms with Gasteiger partial charge in [-0.05, 0) is 67.4 Å². The smallest absolute Gasteiger partial charge is 0.266 e. The summed E-state index contributed by atoms with van der Waals surface area (Å²) in [5.74, 6) is 1.17. The molecule has 1 heterocycles. The van der Waals surface area contributed by atoms with Gasteiger partial charge in [0, 0.05) is 11.3 Å². The second-order valence-electron chi connectivity index (χ2n) is 5.57. The number of aryl methyl sites for hydroxylation is 1. The topological polar surface area (TPSA) is 75.1 Å². The number of ether oxygens (including phenoxy) is 2. The second kappa shape index (κ2) is 7.54. The van der Waals surface area contributed by atoms with Crippen LogP contribution in [0.5, 0.6) is 11.5 Å². The molecule has 1 aromatic heterocycles. The molecule has 1 N–H and O–H groups in total. The lowest BCUT2D eigenvalue weighted by atomic mass is 10.0. The molecule has 6 heteroatoms. The Morgan fingerprint density at radius 1 is 1.33 bits per heavy atom. The first-order valence-electron chi connectivity index (χ1n) is 7.64. The van der Waals surface area contributed by atoms with Crippen molar-refractivity contribution in [3.63, 3.8) is 0 Å². The van der Waals surface area contributed by atoms with E-state index in [9.17, 15) is 10.1 Å². The zero-order valence-corrected chi connectivity index (χ0v) is 15.7. The molecule has 0 atom stereocenters. The van der Waals surface area contributed by atoms with Crippen molar-refractivity contribution in [2.45, 2.75) is 33.8 Å². The highest BCUT2D eigenvalue weighted by Crippen LogP contribution is 2.40. The van der Waals surface area contributed by atoms with E-state index in [1.807, 2.05) is 32.9 Å². The Bertz CT molecular complexity index is 851. The summed E-state index contributed by atoms with van der Waals surface area (Å²) in [7, 11) is 0. The van der Waals surface area contributed by atoms with Crippen LogP contribution >= 0.6 is 15.9 Å². The lowest BCUT2D eigenvalue weighted by Crippen LogP contribution is -2.13. The van der Waals surface area contributed by atoms with E-state index in [2.05, 4.69) is 20.9 Å². The number of hydrogen-bond donors (Lipinski definition) is 1. The van der Waals surface area contributed by atoms with Gasteiger partial charge in [0.05, 0.1) is 17.2 Å². The second-order valence-corrected chi connectivity index (χ2v) is 6.42. The number of pyridine rings is 1. The van der Waals surface area contributed by atoms with Gasteiger partial charge in [-0.3, -0.25) is 4.79 Å². The van der Waals surface area contributed by atoms with Crippen LogP contribution < -0.4 is 15.0 Å². The highest BCUT2D eigenvalue weighted by molar-refractivity contribution is 9.10. The third-order valence-corrected chi connectivity index (χ3v) is 3.84. The Kier molecular flexibility index (Phi) is 5.68. The fourth-order valence-electron chi connectivity index (χ4n) is 2.36. The SMILES string of the molecule is CCOc1cc(-c2cc(C)[nH]c(=O)c2C#N)cc(Br)c1OC(C)C. The molecule has 5 nitrogen and oxygen atoms in total. The molecule has 24 heavy (non-hydrogen) atoms. The molecule has 2 rings (SSSR count). The molecule has 0 saturated carbocycles. The summed E-state index contributed by atoms with van der Waals surface area (Å²) in [6.07, 6.45) is -0.0113. The molecule has 0 aliphatic heterocycles. The summed E-state index contributed by atoms with van der Waals surface area (Å²) in [6, 6.07) is 7.38. The molecule has 0 fully saturated rings. The Hall–Kier alpha value is -2.26. The summed E-state index contributed by atoms with van der Waals surface area (Å²) in [4.78, 5) is 14.7. The van der Waals surface area contributed by atoms with Gasteiger partial charge in [-0.25, -0.2) is 0 Å². The molecule has 0 aliphatic carbocycles. The van der Waals surface area contributed by atoms with Gasteiger partial charge in [0.15, 0.2) is 11.5 Å². The van der Waals surface area contributed by atoms with Crippen molar-refractivity contribution in [2.75, 3.05) is 6.61 Å². The maximum atomic E-state index is 12.0. The summed E-state index contributed by atoms with van der Waals surface area (Å²) in [6.45, 7) is 8.01. The van der Waals surface area contributed by atoms with Crippen LogP contribution in [0.15, 0.2) is 27.5 Å². The minimum atomic E-state index is -0.399. The van der Waals surface area contributed by atoms with E-state index >= 15 is 0 Å². The number of benzene rings is 1. The molecular weight excluding hydrogens is 372 g/mol. The quantitative estimate of drug-likeness (QED) is 0.830. The minimum absolute atomic E-state index is 0.0113. The van der Waals surface area contributed by atoms with E-state index < -0.39 is 5.56 Å². The summed E-state index contributed by atoms with van der Waals surface area (Å²) in [5.41, 5.74) is 1.64. The normalized spacial score (nSPS) is 10.5. The summed E-state index contributed by atoms with van der Waals surface area (Å²) < 4.78 is 12.2. The number of nitrogens with zero attached hydrogens (tertiary/aromatic N) is 1. The number of nitriles is 1. The van der Waals surface area contributed by atoms with Gasteiger partial charge in [-0.1, -0.05) is 0 Å². The molecule has 0 bridgehead atoms. The molecule has 0 aliphatic rings. The molecule has 0 radical (unpaired) electrons. The van der Waals surface area contributed by atoms with Crippen LogP contribution in [0.25, 0.3) is 11.1 Å². The third kappa shape index (κ3) is 3.80. The fourth-order valence-corrected chi connectivity index (χ4v) is 2.90. The first kappa shape index (κ1) is 18.1. The zero-order chi connectivity index (χ0) is 17.9. The average Bonchev–Trinajstić information content (AvgIpc) is 2.49. The Labute approximate surface area is 149 Å². The third-order valence-electron chi connectivity index (χ3n) is 3.25. The lowest BCUT2D eigenvalue weighted by molar-refractivity contribution is 0.222. The van der Waals surface area contributed by atoms with Crippen LogP contribution in [0.3, 0.4) is 0 Å². The van der Waals surface area contributed by atoms with E-state index in [1.54, 1.807) is 19.1 Å². The molecule has 0 amide bonds. The van der Waals surface area contributed by atoms with Crippen LogP contribution in [0.2, 0.25) is 0 Å². The van der Waals surface area contributed by atoms with Gasteiger partial charge in [-0.2, -0.15) is 5.26 Å². The van der Waals surface area contributed by atoms with Crippen LogP contribution in [-0.2, 0) is 0 Å². The van der Waals surface area contributed by atoms with Crippen molar-refractivity contribution in [2.24, 2.45) is 0 Å². The minimum Gasteiger partial charge on any atom is -0.490 e. The van der Waals surface area contributed by atoms with Crippen molar-refractivity contribution in [1.29, 1.82) is 5.26 Å². The fraction of sp³-hybridized carbons (Fsp3) is 0.333. The van der Waals surface area contributed by atoms with Gasteiger partial charge in [0.25, 0.3) is 5.56 Å². The number of rotatable bonds is 5. The van der Waals surface area contributed by atoms with Gasteiger partial charge in [0.1, 0.15) is 11.6 Å². The molecular formula is C18H19BrN2O3. The largest absolute Gasteiger partial charge is 0.490 e. The maximum absolute atomic E-state index is 12.0. The van der Waals surface area contributed by atoms with Crippen LogP contribution in [0.1, 0.15) is 32.0 Å². The molecule has 0 unspecified atom stereocenters. The van der Waals surface area contributed by atoms with Crippen LogP contribution in [0.4, 0.5) is 0 Å². The number of H-pyrrole nitrogens is 1. The maximum Gasteiger partial charge on any atom is 0.266 e. The summed E-state index contributed by atoms with van der Waals surface area (Å²) >= 11 is 3.50. The number of aromatic amines is 1. The van der Waals surface area contributed by atoms with E-state index in [1.165, 1.54) is 0 Å². The van der Waals surface area contributed by atoms with E-state index in [0.29, 0.717) is 39.4 Å². The predicted octanol–water partition coefficient (Wildman–Crippen LogP) is 4.17. The van der Waals surface area contributed by atoms with Gasteiger partial charge >= 0.3 is 0 Å². The van der Waals surface area contributed by atoms with Crippen molar-refractivity contribution in [3.05, 3.63) is 44.3 Å². The number of halogens is 1. The van der Waals surface area contributed by atoms with Crippen molar-refractivity contribution in [3.8, 4) is 28.7 Å². The highest BCUT2D eigenvalue weighted by Gasteiger charge is 2.17. The van der Waals surface area contributed by atoms with Crippen LogP contribution in [-0.4, -0.2) is 17.7 Å². The molecule has 1 aromatic carbocycles. The van der Waals surface area contributed by atoms with E-state index in [4.69, 9.17) is 9.47 Å². The number of nitrogens with one attached hydrogen (secondary N) is 1. The standard InChI is InChI=1S/C18H19BrN2O3/c1-5-23-16-8-12(7-15(19)17(16)24-10(2)3)13-6-11(4)21-18(22)14(13)9-20/h6-8,10H,5H2,1-4H3,(H,21,22). The summed E-state index contributed by atoms with van der Waals surface area (Å²) in [5, 5.41) is 9.33. The van der Waals surface area contributed by atoms with Crippen LogP contribution in [0, 0.1) is 18.3 Å². The molecule has 0 spiro atoms. The zero-order valence-electron chi connectivity index (χ0n) is 14.1. The van der Waals surface area contributed by atoms with Crippen molar-refractivity contribution in [1.82, 2.24) is 4.98 Å². The Morgan fingerprint density at radius 3 is 2.62 bits per heavy atom. The predicted molar refractivity (Wildman–Crippen MR) is 96.6 cm³/mol. The van der Waals surface area contributed by atoms with Crippen molar-refractivity contribution >= 4 is 15.9 Å². The Balaban J connectivity index is 2.69. The first-order valence-corrected chi connectivity index (χ1v) is 8.44. The van der Waals surface area contributed by atoms with E-state index in [0.717, 1.165) is 0 Å². The first-order chi connectivity index (χ1) is 11.4. The lowest BCUT2D eigenvalue weighted by Gasteiger charge is -2.18. The number of hydrogen-bond acceptors (Lipinski definition) is 4. The number of aromatic nitrogens is 1.